The van der Waals surface area contributed by atoms with Gasteiger partial charge in [-0.15, -0.1) is 11.3 Å². The zero-order valence-electron chi connectivity index (χ0n) is 43.8. The number of aromatic nitrogens is 8. The molecule has 384 valence electrons. The first-order valence-electron chi connectivity index (χ1n) is 27.2. The highest BCUT2D eigenvalue weighted by Crippen LogP contribution is 2.42. The lowest BCUT2D eigenvalue weighted by Gasteiger charge is -2.11. The molecule has 6 aromatic heterocycles. The van der Waals surface area contributed by atoms with Gasteiger partial charge in [0.15, 0.2) is 23.3 Å². The molecule has 0 fully saturated rings. The average molecular weight is 1070 g/mol. The Morgan fingerprint density at radius 1 is 0.244 bits per heavy atom. The third-order valence-corrected chi connectivity index (χ3v) is 16.4. The summed E-state index contributed by atoms with van der Waals surface area (Å²) >= 11 is 1.84. The molecular weight excluding hydrogens is 1020 g/mol. The molecule has 0 aliphatic carbocycles. The van der Waals surface area contributed by atoms with Crippen LogP contribution in [0, 0.1) is 0 Å². The number of para-hydroxylation sites is 3. The number of rotatable bonds is 7. The molecule has 0 saturated heterocycles. The van der Waals surface area contributed by atoms with E-state index in [1.54, 1.807) is 0 Å². The zero-order valence-corrected chi connectivity index (χ0v) is 44.6. The molecule has 82 heavy (non-hydrogen) atoms. The van der Waals surface area contributed by atoms with Crippen molar-refractivity contribution in [3.05, 3.63) is 267 Å². The third-order valence-electron chi connectivity index (χ3n) is 15.3. The van der Waals surface area contributed by atoms with Crippen molar-refractivity contribution in [1.29, 1.82) is 0 Å². The van der Waals surface area contributed by atoms with Crippen LogP contribution in [0.15, 0.2) is 271 Å². The zero-order chi connectivity index (χ0) is 54.1. The van der Waals surface area contributed by atoms with Crippen LogP contribution in [-0.4, -0.2) is 39.0 Å². The van der Waals surface area contributed by atoms with Crippen LogP contribution in [0.5, 0.6) is 0 Å². The van der Waals surface area contributed by atoms with Crippen LogP contribution in [-0.2, 0) is 0 Å². The first kappa shape index (κ1) is 47.1. The number of fused-ring (bicyclic) bond motifs is 12. The van der Waals surface area contributed by atoms with E-state index in [0.29, 0.717) is 35.2 Å². The smallest absolute Gasteiger partial charge is 0.238 e. The van der Waals surface area contributed by atoms with Gasteiger partial charge in [0.2, 0.25) is 11.9 Å². The summed E-state index contributed by atoms with van der Waals surface area (Å²) in [4.78, 5) is 30.2. The van der Waals surface area contributed by atoms with Crippen molar-refractivity contribution in [3.63, 3.8) is 0 Å². The molecule has 0 aliphatic rings. The van der Waals surface area contributed by atoms with Crippen molar-refractivity contribution >= 4 is 97.1 Å². The molecule has 17 aromatic rings. The van der Waals surface area contributed by atoms with Crippen molar-refractivity contribution < 1.29 is 4.42 Å². The molecule has 0 aliphatic heterocycles. The van der Waals surface area contributed by atoms with Crippen LogP contribution in [0.25, 0.3) is 154 Å². The van der Waals surface area contributed by atoms with Gasteiger partial charge in [-0.1, -0.05) is 212 Å². The Bertz CT molecular complexity index is 5230. The Morgan fingerprint density at radius 2 is 0.671 bits per heavy atom. The molecule has 0 spiro atoms. The minimum absolute atomic E-state index is 0.580. The Hall–Kier alpha value is -10.9. The van der Waals surface area contributed by atoms with Gasteiger partial charge in [0.25, 0.3) is 0 Å². The highest BCUT2D eigenvalue weighted by Gasteiger charge is 2.22. The average Bonchev–Trinajstić information content (AvgIpc) is 4.50. The van der Waals surface area contributed by atoms with Gasteiger partial charge in [-0.25, -0.2) is 9.97 Å². The second kappa shape index (κ2) is 19.5. The number of hydrogen-bond acceptors (Lipinski definition) is 8. The summed E-state index contributed by atoms with van der Waals surface area (Å²) in [5.41, 5.74) is 12.0. The number of hydrogen-bond donors (Lipinski definition) is 0. The summed E-state index contributed by atoms with van der Waals surface area (Å²) < 4.78 is 13.1. The summed E-state index contributed by atoms with van der Waals surface area (Å²) in [6.07, 6.45) is 0. The molecule has 6 heterocycles. The van der Waals surface area contributed by atoms with Crippen LogP contribution >= 0.6 is 11.3 Å². The van der Waals surface area contributed by atoms with E-state index in [0.717, 1.165) is 88.2 Å². The van der Waals surface area contributed by atoms with Crippen molar-refractivity contribution in [1.82, 2.24) is 39.0 Å². The fourth-order valence-electron chi connectivity index (χ4n) is 11.5. The largest absolute Gasteiger partial charge is 0.456 e. The summed E-state index contributed by atoms with van der Waals surface area (Å²) in [5.74, 6) is 3.73. The van der Waals surface area contributed by atoms with Gasteiger partial charge >= 0.3 is 0 Å². The van der Waals surface area contributed by atoms with E-state index in [-0.39, 0.29) is 0 Å². The minimum atomic E-state index is 0.580. The van der Waals surface area contributed by atoms with Crippen molar-refractivity contribution in [2.45, 2.75) is 0 Å². The van der Waals surface area contributed by atoms with E-state index in [2.05, 4.69) is 173 Å². The number of thiophene rings is 1. The lowest BCUT2D eigenvalue weighted by Crippen LogP contribution is -2.06. The van der Waals surface area contributed by atoms with E-state index < -0.39 is 0 Å². The normalized spacial score (nSPS) is 11.7. The fraction of sp³-hybridized carbons (Fsp3) is 0. The number of benzene rings is 11. The van der Waals surface area contributed by atoms with Crippen molar-refractivity contribution in [2.75, 3.05) is 0 Å². The molecule has 0 atom stereocenters. The fourth-order valence-corrected chi connectivity index (χ4v) is 12.6. The second-order valence-corrected chi connectivity index (χ2v) is 21.3. The molecule has 0 amide bonds. The van der Waals surface area contributed by atoms with Crippen molar-refractivity contribution in [3.8, 4) is 68.6 Å². The summed E-state index contributed by atoms with van der Waals surface area (Å²) in [7, 11) is 0. The van der Waals surface area contributed by atoms with E-state index in [9.17, 15) is 0 Å². The molecule has 0 unspecified atom stereocenters. The minimum Gasteiger partial charge on any atom is -0.456 e. The highest BCUT2D eigenvalue weighted by atomic mass is 32.1. The predicted octanol–water partition coefficient (Wildman–Crippen LogP) is 18.5. The Morgan fingerprint density at radius 3 is 1.24 bits per heavy atom. The van der Waals surface area contributed by atoms with E-state index >= 15 is 0 Å². The maximum atomic E-state index is 6.23. The van der Waals surface area contributed by atoms with Crippen LogP contribution in [0.3, 0.4) is 0 Å². The van der Waals surface area contributed by atoms with E-state index in [1.807, 2.05) is 114 Å². The lowest BCUT2D eigenvalue weighted by atomic mass is 10.0. The van der Waals surface area contributed by atoms with Gasteiger partial charge in [0, 0.05) is 74.7 Å². The predicted molar refractivity (Wildman–Crippen MR) is 336 cm³/mol. The van der Waals surface area contributed by atoms with Crippen molar-refractivity contribution in [2.24, 2.45) is 0 Å². The van der Waals surface area contributed by atoms with E-state index in [1.165, 1.54) is 30.9 Å². The Labute approximate surface area is 473 Å². The number of furan rings is 1. The summed E-state index contributed by atoms with van der Waals surface area (Å²) in [6.45, 7) is 0. The molecular formula is C72H44N8OS. The van der Waals surface area contributed by atoms with Gasteiger partial charge in [0.05, 0.1) is 22.1 Å². The van der Waals surface area contributed by atoms with Gasteiger partial charge in [0.1, 0.15) is 11.2 Å². The van der Waals surface area contributed by atoms with Crippen LogP contribution < -0.4 is 0 Å². The molecule has 0 radical (unpaired) electrons. The molecule has 17 rings (SSSR count). The van der Waals surface area contributed by atoms with Gasteiger partial charge in [-0.2, -0.15) is 19.9 Å². The molecule has 10 heteroatoms. The quantitative estimate of drug-likeness (QED) is 0.157. The maximum Gasteiger partial charge on any atom is 0.238 e. The summed E-state index contributed by atoms with van der Waals surface area (Å²) in [6, 6.07) is 91.8. The first-order valence-corrected chi connectivity index (χ1v) is 28.0. The molecule has 0 bridgehead atoms. The van der Waals surface area contributed by atoms with Crippen LogP contribution in [0.4, 0.5) is 0 Å². The Kier molecular flexibility index (Phi) is 11.2. The monoisotopic (exact) mass is 1070 g/mol. The SMILES string of the molecule is c1ccc(-c2cccc(-c3nc(-c4ccccc4)nc(-n4c5ccccc5c5cc6sc7ccccc7c6cc54)n3)c2)cc1.c1ccc(-c2nc(-c3ccccc3)nc(-n3c4ccccc4c4cc5oc6ccccc6c5cc43)n2)cc1. The first-order chi connectivity index (χ1) is 40.6. The molecule has 0 saturated carbocycles. The Balaban J connectivity index is 0.000000136. The maximum absolute atomic E-state index is 6.23. The molecule has 0 N–H and O–H groups in total. The summed E-state index contributed by atoms with van der Waals surface area (Å²) in [5, 5.41) is 9.25. The number of nitrogens with zero attached hydrogens (tertiary/aromatic N) is 8. The molecule has 9 nitrogen and oxygen atoms in total. The topological polar surface area (TPSA) is 100 Å². The molecule has 11 aromatic carbocycles. The van der Waals surface area contributed by atoms with Crippen LogP contribution in [0.1, 0.15) is 0 Å². The van der Waals surface area contributed by atoms with Gasteiger partial charge in [-0.3, -0.25) is 9.13 Å². The second-order valence-electron chi connectivity index (χ2n) is 20.2. The third kappa shape index (κ3) is 8.07. The lowest BCUT2D eigenvalue weighted by molar-refractivity contribution is 0.669. The van der Waals surface area contributed by atoms with Gasteiger partial charge in [-0.05, 0) is 65.7 Å². The standard InChI is InChI=1S/C39H24N4S.C33H20N4O/c1-3-12-25(13-4-1)27-16-11-17-28(22-27)38-40-37(26-14-5-2-6-15-26)41-39(42-38)43-33-20-9-7-18-29(33)31-24-36-32(23-34(31)43)30-19-8-10-21-35(30)44-36;1-3-11-21(12-4-1)31-34-32(22-13-5-2-6-14-22)36-33(35-31)37-27-17-9-7-15-23(27)25-20-30-26(19-28(25)37)24-16-8-10-18-29(24)38-30/h1-24H;1-20H. The van der Waals surface area contributed by atoms with Gasteiger partial charge < -0.3 is 4.42 Å². The van der Waals surface area contributed by atoms with E-state index in [4.69, 9.17) is 34.3 Å². The van der Waals surface area contributed by atoms with Crippen LogP contribution in [0.2, 0.25) is 0 Å². The highest BCUT2D eigenvalue weighted by molar-refractivity contribution is 7.25.